The highest BCUT2D eigenvalue weighted by molar-refractivity contribution is 5.90. The predicted octanol–water partition coefficient (Wildman–Crippen LogP) is 1.84. The first-order valence-corrected chi connectivity index (χ1v) is 6.01. The highest BCUT2D eigenvalue weighted by Gasteiger charge is 2.03. The molecule has 0 aliphatic heterocycles. The molecule has 0 aliphatic rings. The molecule has 0 aliphatic carbocycles. The van der Waals surface area contributed by atoms with E-state index in [1.54, 1.807) is 0 Å². The zero-order chi connectivity index (χ0) is 13.4. The molecule has 0 aromatic heterocycles. The summed E-state index contributed by atoms with van der Waals surface area (Å²) in [4.78, 5) is 11.6. The van der Waals surface area contributed by atoms with Crippen LogP contribution >= 0.6 is 0 Å². The van der Waals surface area contributed by atoms with Crippen LogP contribution in [0.5, 0.6) is 0 Å². The van der Waals surface area contributed by atoms with Crippen molar-refractivity contribution in [3.05, 3.63) is 29.3 Å². The number of rotatable bonds is 3. The normalized spacial score (nSPS) is 9.28. The summed E-state index contributed by atoms with van der Waals surface area (Å²) in [7, 11) is 0. The quantitative estimate of drug-likeness (QED) is 0.711. The highest BCUT2D eigenvalue weighted by Crippen LogP contribution is 2.16. The van der Waals surface area contributed by atoms with Gasteiger partial charge in [0.15, 0.2) is 0 Å². The van der Waals surface area contributed by atoms with Crippen molar-refractivity contribution in [2.45, 2.75) is 20.3 Å². The number of amides is 2. The molecule has 0 radical (unpaired) electrons. The van der Waals surface area contributed by atoms with Gasteiger partial charge in [0.2, 0.25) is 0 Å². The average molecular weight is 245 g/mol. The molecule has 0 spiro atoms. The van der Waals surface area contributed by atoms with Gasteiger partial charge in [0.1, 0.15) is 0 Å². The van der Waals surface area contributed by atoms with E-state index in [0.29, 0.717) is 13.1 Å². The molecule has 0 unspecified atom stereocenters. The monoisotopic (exact) mass is 245 g/mol. The van der Waals surface area contributed by atoms with Crippen molar-refractivity contribution < 1.29 is 4.79 Å². The largest absolute Gasteiger partial charge is 0.338 e. The van der Waals surface area contributed by atoms with Gasteiger partial charge in [-0.05, 0) is 31.0 Å². The zero-order valence-corrected chi connectivity index (χ0v) is 10.8. The first-order valence-electron chi connectivity index (χ1n) is 6.01. The van der Waals surface area contributed by atoms with Gasteiger partial charge >= 0.3 is 6.03 Å². The number of benzene rings is 1. The summed E-state index contributed by atoms with van der Waals surface area (Å²) >= 11 is 0. The molecule has 0 saturated heterocycles. The molecule has 18 heavy (non-hydrogen) atoms. The maximum atomic E-state index is 11.6. The van der Waals surface area contributed by atoms with Crippen LogP contribution in [0.25, 0.3) is 0 Å². The molecule has 4 N–H and O–H groups in total. The Morgan fingerprint density at radius 1 is 1.44 bits per heavy atom. The van der Waals surface area contributed by atoms with Crippen molar-refractivity contribution in [2.75, 3.05) is 18.4 Å². The summed E-state index contributed by atoms with van der Waals surface area (Å²) in [5.74, 6) is 5.73. The van der Waals surface area contributed by atoms with Crippen molar-refractivity contribution >= 4 is 11.7 Å². The maximum absolute atomic E-state index is 11.6. The van der Waals surface area contributed by atoms with Crippen molar-refractivity contribution in [3.8, 4) is 11.8 Å². The Bertz CT molecular complexity index is 472. The van der Waals surface area contributed by atoms with E-state index in [0.717, 1.165) is 23.2 Å². The number of carbonyl (C=O) groups is 1. The van der Waals surface area contributed by atoms with E-state index in [-0.39, 0.29) is 6.03 Å². The summed E-state index contributed by atoms with van der Waals surface area (Å²) in [5.41, 5.74) is 7.94. The van der Waals surface area contributed by atoms with Crippen LogP contribution in [-0.4, -0.2) is 19.1 Å². The van der Waals surface area contributed by atoms with Crippen molar-refractivity contribution in [1.29, 1.82) is 0 Å². The van der Waals surface area contributed by atoms with Gasteiger partial charge in [-0.15, -0.1) is 0 Å². The van der Waals surface area contributed by atoms with E-state index < -0.39 is 0 Å². The Kier molecular flexibility index (Phi) is 5.75. The standard InChI is InChI=1S/C14H19N3O/c1-3-9-16-14(18)17-13-10-12(5-4-8-15)7-6-11(13)2/h6-7,10H,3,8-9,15H2,1-2H3,(H2,16,17,18). The predicted molar refractivity (Wildman–Crippen MR) is 74.4 cm³/mol. The fourth-order valence-electron chi connectivity index (χ4n) is 1.39. The van der Waals surface area contributed by atoms with Crippen LogP contribution in [0.4, 0.5) is 10.5 Å². The number of aryl methyl sites for hydroxylation is 1. The molecular weight excluding hydrogens is 226 g/mol. The van der Waals surface area contributed by atoms with Crippen LogP contribution in [0.2, 0.25) is 0 Å². The Morgan fingerprint density at radius 3 is 2.89 bits per heavy atom. The van der Waals surface area contributed by atoms with E-state index >= 15 is 0 Å². The van der Waals surface area contributed by atoms with Gasteiger partial charge < -0.3 is 16.4 Å². The summed E-state index contributed by atoms with van der Waals surface area (Å²) in [6.07, 6.45) is 0.911. The minimum atomic E-state index is -0.191. The zero-order valence-electron chi connectivity index (χ0n) is 10.8. The second-order valence-electron chi connectivity index (χ2n) is 3.92. The molecule has 96 valence electrons. The smallest absolute Gasteiger partial charge is 0.319 e. The molecule has 0 atom stereocenters. The molecule has 0 bridgehead atoms. The molecule has 4 nitrogen and oxygen atoms in total. The van der Waals surface area contributed by atoms with Crippen LogP contribution in [0, 0.1) is 18.8 Å². The summed E-state index contributed by atoms with van der Waals surface area (Å²) in [5, 5.41) is 5.58. The van der Waals surface area contributed by atoms with Gasteiger partial charge in [0.25, 0.3) is 0 Å². The number of urea groups is 1. The second-order valence-corrected chi connectivity index (χ2v) is 3.92. The van der Waals surface area contributed by atoms with Gasteiger partial charge in [-0.2, -0.15) is 0 Å². The SMILES string of the molecule is CCCNC(=O)Nc1cc(C#CCN)ccc1C. The number of anilines is 1. The minimum absolute atomic E-state index is 0.191. The van der Waals surface area contributed by atoms with Gasteiger partial charge in [-0.1, -0.05) is 24.8 Å². The van der Waals surface area contributed by atoms with Crippen molar-refractivity contribution in [2.24, 2.45) is 5.73 Å². The van der Waals surface area contributed by atoms with Gasteiger partial charge in [0.05, 0.1) is 6.54 Å². The fourth-order valence-corrected chi connectivity index (χ4v) is 1.39. The molecule has 0 saturated carbocycles. The van der Waals surface area contributed by atoms with Crippen LogP contribution in [-0.2, 0) is 0 Å². The first-order chi connectivity index (χ1) is 8.67. The molecule has 2 amide bonds. The van der Waals surface area contributed by atoms with E-state index in [2.05, 4.69) is 22.5 Å². The lowest BCUT2D eigenvalue weighted by Gasteiger charge is -2.09. The summed E-state index contributed by atoms with van der Waals surface area (Å²) in [6, 6.07) is 5.50. The second kappa shape index (κ2) is 7.36. The maximum Gasteiger partial charge on any atom is 0.319 e. The van der Waals surface area contributed by atoms with Crippen LogP contribution < -0.4 is 16.4 Å². The summed E-state index contributed by atoms with van der Waals surface area (Å²) < 4.78 is 0. The third kappa shape index (κ3) is 4.48. The molecular formula is C14H19N3O. The average Bonchev–Trinajstić information content (AvgIpc) is 2.37. The van der Waals surface area contributed by atoms with E-state index in [1.165, 1.54) is 0 Å². The Labute approximate surface area is 108 Å². The third-order valence-electron chi connectivity index (χ3n) is 2.36. The minimum Gasteiger partial charge on any atom is -0.338 e. The van der Waals surface area contributed by atoms with Gasteiger partial charge in [-0.3, -0.25) is 0 Å². The lowest BCUT2D eigenvalue weighted by atomic mass is 10.1. The molecule has 0 heterocycles. The molecule has 4 heteroatoms. The van der Waals surface area contributed by atoms with Gasteiger partial charge in [0, 0.05) is 17.8 Å². The van der Waals surface area contributed by atoms with E-state index in [9.17, 15) is 4.79 Å². The van der Waals surface area contributed by atoms with Gasteiger partial charge in [-0.25, -0.2) is 4.79 Å². The van der Waals surface area contributed by atoms with Crippen LogP contribution in [0.15, 0.2) is 18.2 Å². The Hall–Kier alpha value is -1.99. The number of carbonyl (C=O) groups excluding carboxylic acids is 1. The van der Waals surface area contributed by atoms with Crippen LogP contribution in [0.1, 0.15) is 24.5 Å². The lowest BCUT2D eigenvalue weighted by Crippen LogP contribution is -2.29. The van der Waals surface area contributed by atoms with Crippen LogP contribution in [0.3, 0.4) is 0 Å². The number of hydrogen-bond acceptors (Lipinski definition) is 2. The Balaban J connectivity index is 2.77. The third-order valence-corrected chi connectivity index (χ3v) is 2.36. The van der Waals surface area contributed by atoms with E-state index in [4.69, 9.17) is 5.73 Å². The van der Waals surface area contributed by atoms with Crippen molar-refractivity contribution in [1.82, 2.24) is 5.32 Å². The molecule has 0 fully saturated rings. The summed E-state index contributed by atoms with van der Waals surface area (Å²) in [6.45, 7) is 4.94. The first kappa shape index (κ1) is 14.1. The highest BCUT2D eigenvalue weighted by atomic mass is 16.2. The molecule has 1 rings (SSSR count). The Morgan fingerprint density at radius 2 is 2.22 bits per heavy atom. The van der Waals surface area contributed by atoms with E-state index in [1.807, 2.05) is 32.0 Å². The number of nitrogens with two attached hydrogens (primary N) is 1. The topological polar surface area (TPSA) is 67.2 Å². The fraction of sp³-hybridized carbons (Fsp3) is 0.357. The number of nitrogens with one attached hydrogen (secondary N) is 2. The molecule has 1 aromatic rings. The van der Waals surface area contributed by atoms with Crippen molar-refractivity contribution in [3.63, 3.8) is 0 Å². The number of hydrogen-bond donors (Lipinski definition) is 3. The lowest BCUT2D eigenvalue weighted by molar-refractivity contribution is 0.252. The molecule has 1 aromatic carbocycles.